The maximum Gasteiger partial charge on any atom is 0.0279 e. The molecule has 0 amide bonds. The molecule has 2 atom stereocenters. The van der Waals surface area contributed by atoms with Crippen LogP contribution in [0.4, 0.5) is 0 Å². The summed E-state index contributed by atoms with van der Waals surface area (Å²) in [6.07, 6.45) is 3.82. The molecule has 1 saturated carbocycles. The van der Waals surface area contributed by atoms with Crippen molar-refractivity contribution in [3.63, 3.8) is 0 Å². The SMILES string of the molecule is CCC1(NC)CC1(CC)C(C)=C(C)C. The summed E-state index contributed by atoms with van der Waals surface area (Å²) >= 11 is 0. The Bertz CT molecular complexity index is 244. The maximum atomic E-state index is 3.55. The summed E-state index contributed by atoms with van der Waals surface area (Å²) in [6, 6.07) is 0. The molecule has 0 bridgehead atoms. The highest BCUT2D eigenvalue weighted by Gasteiger charge is 2.64. The predicted octanol–water partition coefficient (Wildman–Crippen LogP) is 3.51. The van der Waals surface area contributed by atoms with E-state index in [4.69, 9.17) is 0 Å². The molecule has 0 heterocycles. The lowest BCUT2D eigenvalue weighted by Crippen LogP contribution is -2.34. The normalized spacial score (nSPS) is 35.6. The first-order valence-corrected chi connectivity index (χ1v) is 5.83. The van der Waals surface area contributed by atoms with Crippen molar-refractivity contribution in [3.8, 4) is 0 Å². The topological polar surface area (TPSA) is 12.0 Å². The van der Waals surface area contributed by atoms with Gasteiger partial charge in [0.25, 0.3) is 0 Å². The van der Waals surface area contributed by atoms with Gasteiger partial charge in [0, 0.05) is 11.0 Å². The minimum Gasteiger partial charge on any atom is -0.313 e. The lowest BCUT2D eigenvalue weighted by Gasteiger charge is -2.26. The molecule has 0 aromatic heterocycles. The molecule has 1 aliphatic rings. The average molecular weight is 195 g/mol. The molecule has 1 aliphatic carbocycles. The standard InChI is InChI=1S/C13H25N/c1-7-12(11(5)10(3)4)9-13(12,8-2)14-6/h14H,7-9H2,1-6H3. The van der Waals surface area contributed by atoms with Crippen molar-refractivity contribution in [3.05, 3.63) is 11.1 Å². The van der Waals surface area contributed by atoms with E-state index in [-0.39, 0.29) is 0 Å². The Kier molecular flexibility index (Phi) is 3.10. The minimum absolute atomic E-state index is 0.392. The lowest BCUT2D eigenvalue weighted by molar-refractivity contribution is 0.395. The van der Waals surface area contributed by atoms with Gasteiger partial charge in [0.05, 0.1) is 0 Å². The Labute approximate surface area is 89.0 Å². The van der Waals surface area contributed by atoms with Crippen LogP contribution in [0.15, 0.2) is 11.1 Å². The van der Waals surface area contributed by atoms with Gasteiger partial charge >= 0.3 is 0 Å². The molecular formula is C13H25N. The van der Waals surface area contributed by atoms with Crippen LogP contribution in [0.2, 0.25) is 0 Å². The number of allylic oxidation sites excluding steroid dienone is 1. The number of nitrogens with one attached hydrogen (secondary N) is 1. The van der Waals surface area contributed by atoms with Crippen molar-refractivity contribution < 1.29 is 0 Å². The van der Waals surface area contributed by atoms with Gasteiger partial charge in [-0.3, -0.25) is 0 Å². The summed E-state index contributed by atoms with van der Waals surface area (Å²) in [5.74, 6) is 0. The zero-order chi connectivity index (χ0) is 11.0. The van der Waals surface area contributed by atoms with Crippen LogP contribution in [0.1, 0.15) is 53.9 Å². The number of hydrogen-bond acceptors (Lipinski definition) is 1. The zero-order valence-corrected chi connectivity index (χ0v) is 10.6. The van der Waals surface area contributed by atoms with E-state index in [0.717, 1.165) is 0 Å². The maximum absolute atomic E-state index is 3.55. The van der Waals surface area contributed by atoms with Crippen LogP contribution in [-0.2, 0) is 0 Å². The summed E-state index contributed by atoms with van der Waals surface area (Å²) < 4.78 is 0. The molecule has 0 aliphatic heterocycles. The molecule has 0 saturated heterocycles. The van der Waals surface area contributed by atoms with Gasteiger partial charge in [-0.15, -0.1) is 0 Å². The van der Waals surface area contributed by atoms with Crippen LogP contribution < -0.4 is 5.32 Å². The van der Waals surface area contributed by atoms with Gasteiger partial charge in [0.15, 0.2) is 0 Å². The van der Waals surface area contributed by atoms with E-state index in [1.165, 1.54) is 24.8 Å². The molecule has 1 fully saturated rings. The van der Waals surface area contributed by atoms with Gasteiger partial charge in [-0.25, -0.2) is 0 Å². The first kappa shape index (κ1) is 11.8. The molecule has 0 spiro atoms. The van der Waals surface area contributed by atoms with E-state index in [9.17, 15) is 0 Å². The highest BCUT2D eigenvalue weighted by Crippen LogP contribution is 2.64. The molecule has 0 aromatic rings. The Morgan fingerprint density at radius 1 is 1.14 bits per heavy atom. The zero-order valence-electron chi connectivity index (χ0n) is 10.6. The monoisotopic (exact) mass is 195 g/mol. The summed E-state index contributed by atoms with van der Waals surface area (Å²) in [7, 11) is 2.11. The number of rotatable bonds is 4. The van der Waals surface area contributed by atoms with Crippen LogP contribution in [0.5, 0.6) is 0 Å². The fourth-order valence-electron chi connectivity index (χ4n) is 3.14. The summed E-state index contributed by atoms with van der Waals surface area (Å²) in [5, 5.41) is 3.55. The van der Waals surface area contributed by atoms with Gasteiger partial charge in [-0.1, -0.05) is 25.0 Å². The van der Waals surface area contributed by atoms with Crippen molar-refractivity contribution >= 4 is 0 Å². The second-order valence-corrected chi connectivity index (χ2v) is 4.92. The molecule has 1 nitrogen and oxygen atoms in total. The van der Waals surface area contributed by atoms with Crippen molar-refractivity contribution in [1.82, 2.24) is 5.32 Å². The van der Waals surface area contributed by atoms with Crippen LogP contribution >= 0.6 is 0 Å². The van der Waals surface area contributed by atoms with Crippen molar-refractivity contribution in [2.24, 2.45) is 5.41 Å². The molecule has 82 valence electrons. The van der Waals surface area contributed by atoms with E-state index in [1.54, 1.807) is 5.57 Å². The Hall–Kier alpha value is -0.300. The quantitative estimate of drug-likeness (QED) is 0.677. The number of hydrogen-bond donors (Lipinski definition) is 1. The third-order valence-electron chi connectivity index (χ3n) is 4.55. The highest BCUT2D eigenvalue weighted by molar-refractivity contribution is 5.36. The fraction of sp³-hybridized carbons (Fsp3) is 0.846. The van der Waals surface area contributed by atoms with E-state index < -0.39 is 0 Å². The van der Waals surface area contributed by atoms with E-state index in [1.807, 2.05) is 0 Å². The highest BCUT2D eigenvalue weighted by atomic mass is 15.0. The molecule has 1 heteroatoms. The minimum atomic E-state index is 0.392. The van der Waals surface area contributed by atoms with Crippen molar-refractivity contribution in [2.45, 2.75) is 59.4 Å². The van der Waals surface area contributed by atoms with Gasteiger partial charge in [0.1, 0.15) is 0 Å². The lowest BCUT2D eigenvalue weighted by atomic mass is 9.85. The molecular weight excluding hydrogens is 170 g/mol. The van der Waals surface area contributed by atoms with E-state index >= 15 is 0 Å². The third-order valence-corrected chi connectivity index (χ3v) is 4.55. The fourth-order valence-corrected chi connectivity index (χ4v) is 3.14. The summed E-state index contributed by atoms with van der Waals surface area (Å²) in [6.45, 7) is 11.4. The molecule has 1 N–H and O–H groups in total. The second kappa shape index (κ2) is 3.69. The van der Waals surface area contributed by atoms with Gasteiger partial charge in [0.2, 0.25) is 0 Å². The van der Waals surface area contributed by atoms with Crippen LogP contribution in [-0.4, -0.2) is 12.6 Å². The van der Waals surface area contributed by atoms with E-state index in [2.05, 4.69) is 47.0 Å². The van der Waals surface area contributed by atoms with Crippen molar-refractivity contribution in [2.75, 3.05) is 7.05 Å². The first-order chi connectivity index (χ1) is 6.49. The predicted molar refractivity (Wildman–Crippen MR) is 63.5 cm³/mol. The van der Waals surface area contributed by atoms with E-state index in [0.29, 0.717) is 11.0 Å². The smallest absolute Gasteiger partial charge is 0.0279 e. The summed E-state index contributed by atoms with van der Waals surface area (Å²) in [5.41, 5.74) is 3.95. The van der Waals surface area contributed by atoms with Crippen LogP contribution in [0.25, 0.3) is 0 Å². The molecule has 2 unspecified atom stereocenters. The third kappa shape index (κ3) is 1.33. The van der Waals surface area contributed by atoms with Crippen LogP contribution in [0, 0.1) is 5.41 Å². The average Bonchev–Trinajstić information content (AvgIpc) is 2.87. The molecule has 0 radical (unpaired) electrons. The van der Waals surface area contributed by atoms with Gasteiger partial charge in [-0.05, 0) is 47.1 Å². The Balaban J connectivity index is 3.01. The van der Waals surface area contributed by atoms with Crippen molar-refractivity contribution in [1.29, 1.82) is 0 Å². The first-order valence-electron chi connectivity index (χ1n) is 5.83. The Morgan fingerprint density at radius 3 is 1.93 bits per heavy atom. The second-order valence-electron chi connectivity index (χ2n) is 4.92. The largest absolute Gasteiger partial charge is 0.313 e. The molecule has 14 heavy (non-hydrogen) atoms. The van der Waals surface area contributed by atoms with Gasteiger partial charge < -0.3 is 5.32 Å². The summed E-state index contributed by atoms with van der Waals surface area (Å²) in [4.78, 5) is 0. The van der Waals surface area contributed by atoms with Gasteiger partial charge in [-0.2, -0.15) is 0 Å². The molecule has 1 rings (SSSR count). The Morgan fingerprint density at radius 2 is 1.71 bits per heavy atom. The van der Waals surface area contributed by atoms with Crippen LogP contribution in [0.3, 0.4) is 0 Å². The molecule has 0 aromatic carbocycles.